The Morgan fingerprint density at radius 3 is 2.05 bits per heavy atom. The van der Waals surface area contributed by atoms with Crippen LogP contribution in [0.25, 0.3) is 0 Å². The molecule has 4 nitrogen and oxygen atoms in total. The van der Waals surface area contributed by atoms with Crippen LogP contribution in [0.15, 0.2) is 4.99 Å². The van der Waals surface area contributed by atoms with Gasteiger partial charge in [0.2, 0.25) is 0 Å². The van der Waals surface area contributed by atoms with E-state index in [2.05, 4.69) is 49.6 Å². The summed E-state index contributed by atoms with van der Waals surface area (Å²) in [5.74, 6) is 7.64. The Bertz CT molecular complexity index is 1500. The molecule has 198 valence electrons. The summed E-state index contributed by atoms with van der Waals surface area (Å²) >= 11 is -2.52. The molecular weight excluding hydrogens is 672 g/mol. The standard InChI is InChI=1S/C28H32As2N3OS4/c1-5-17-21(29-35-13-14-36-29)23-27(19-7-3-11-32(9-1)25(17)19)34-28-20-8-4-12-33-10-2-6-18(26(20)33)22(24(28)31-23)30-37-15-16-38-30/h1-16H2/q+1. The maximum absolute atomic E-state index is 7.38. The van der Waals surface area contributed by atoms with Crippen LogP contribution in [0.1, 0.15) is 47.9 Å². The van der Waals surface area contributed by atoms with Crippen LogP contribution in [0.2, 0.25) is 0 Å². The van der Waals surface area contributed by atoms with Crippen molar-refractivity contribution in [2.45, 2.75) is 51.4 Å². The van der Waals surface area contributed by atoms with E-state index in [1.165, 1.54) is 121 Å². The molecule has 0 aromatic heterocycles. The van der Waals surface area contributed by atoms with Crippen molar-refractivity contribution in [3.63, 3.8) is 0 Å². The van der Waals surface area contributed by atoms with E-state index in [1.807, 2.05) is 0 Å². The molecule has 38 heavy (non-hydrogen) atoms. The Balaban J connectivity index is 1.40. The van der Waals surface area contributed by atoms with Crippen molar-refractivity contribution >= 4 is 84.9 Å². The quantitative estimate of drug-likeness (QED) is 0.301. The van der Waals surface area contributed by atoms with Crippen molar-refractivity contribution in [1.29, 1.82) is 0 Å². The maximum atomic E-state index is 7.38. The van der Waals surface area contributed by atoms with Crippen LogP contribution < -0.4 is 33.6 Å². The van der Waals surface area contributed by atoms with E-state index in [4.69, 9.17) is 9.73 Å². The average molecular weight is 705 g/mol. The second-order valence-corrected chi connectivity index (χ2v) is 34.3. The molecule has 7 heterocycles. The molecule has 0 saturated carbocycles. The number of ether oxygens (including phenoxy) is 1. The van der Waals surface area contributed by atoms with Gasteiger partial charge in [0.15, 0.2) is 0 Å². The van der Waals surface area contributed by atoms with Gasteiger partial charge in [0.05, 0.1) is 0 Å². The van der Waals surface area contributed by atoms with Gasteiger partial charge in [-0.15, -0.1) is 0 Å². The predicted octanol–water partition coefficient (Wildman–Crippen LogP) is 3.18. The minimum absolute atomic E-state index is 1.16. The average Bonchev–Trinajstić information content (AvgIpc) is 3.69. The number of anilines is 1. The summed E-state index contributed by atoms with van der Waals surface area (Å²) in [7, 11) is 9.17. The fourth-order valence-corrected chi connectivity index (χ4v) is 38.4. The number of hydrogen-bond donors (Lipinski definition) is 0. The van der Waals surface area contributed by atoms with Gasteiger partial charge in [-0.2, -0.15) is 0 Å². The molecule has 0 amide bonds. The van der Waals surface area contributed by atoms with Crippen LogP contribution in [-0.2, 0) is 25.7 Å². The van der Waals surface area contributed by atoms with E-state index < -0.39 is 24.7 Å². The summed E-state index contributed by atoms with van der Waals surface area (Å²) in [6.45, 7) is 4.89. The van der Waals surface area contributed by atoms with Crippen LogP contribution in [0.3, 0.4) is 0 Å². The Hall–Kier alpha value is 0.157. The van der Waals surface area contributed by atoms with Gasteiger partial charge in [0, 0.05) is 0 Å². The van der Waals surface area contributed by atoms with Gasteiger partial charge >= 0.3 is 249 Å². The first-order chi connectivity index (χ1) is 18.9. The zero-order valence-corrected chi connectivity index (χ0v) is 28.6. The summed E-state index contributed by atoms with van der Waals surface area (Å²) in [4.78, 5) is 8.61. The van der Waals surface area contributed by atoms with Gasteiger partial charge < -0.3 is 0 Å². The third-order valence-electron chi connectivity index (χ3n) is 8.99. The molecule has 2 saturated heterocycles. The van der Waals surface area contributed by atoms with Crippen molar-refractivity contribution in [2.75, 3.05) is 54.1 Å². The Morgan fingerprint density at radius 1 is 0.684 bits per heavy atom. The van der Waals surface area contributed by atoms with Crippen LogP contribution in [0.4, 0.5) is 11.4 Å². The van der Waals surface area contributed by atoms with E-state index >= 15 is 0 Å². The molecule has 0 spiro atoms. The van der Waals surface area contributed by atoms with Crippen molar-refractivity contribution in [1.82, 2.24) is 4.58 Å². The van der Waals surface area contributed by atoms with Crippen LogP contribution in [-0.4, -0.2) is 73.9 Å². The first-order valence-electron chi connectivity index (χ1n) is 14.3. The SMILES string of the molecule is C1Cc2c3c(c([As]4SCCS4)c4c2N(C1)CCC4)N=c1c(c2c4c(c1[As]1SCCS1)CCC[N+]=4CCC2)O3. The van der Waals surface area contributed by atoms with E-state index in [9.17, 15) is 0 Å². The Labute approximate surface area is 247 Å². The summed E-state index contributed by atoms with van der Waals surface area (Å²) in [5, 5.41) is 2.89. The molecule has 2 aromatic rings. The topological polar surface area (TPSA) is 27.8 Å². The molecule has 10 heteroatoms. The van der Waals surface area contributed by atoms with Gasteiger partial charge in [-0.3, -0.25) is 0 Å². The van der Waals surface area contributed by atoms with Crippen molar-refractivity contribution < 1.29 is 4.74 Å². The number of rotatable bonds is 2. The molecule has 2 fully saturated rings. The summed E-state index contributed by atoms with van der Waals surface area (Å²) in [6, 6.07) is 0. The van der Waals surface area contributed by atoms with Crippen LogP contribution in [0, 0.1) is 0 Å². The van der Waals surface area contributed by atoms with Crippen molar-refractivity contribution in [2.24, 2.45) is 4.99 Å². The van der Waals surface area contributed by atoms with Gasteiger partial charge in [0.25, 0.3) is 0 Å². The predicted molar refractivity (Wildman–Crippen MR) is 170 cm³/mol. The minimum atomic E-state index is -1.26. The third kappa shape index (κ3) is 3.68. The molecule has 2 aromatic carbocycles. The Kier molecular flexibility index (Phi) is 6.42. The molecule has 9 rings (SSSR count). The monoisotopic (exact) mass is 704 g/mol. The van der Waals surface area contributed by atoms with Gasteiger partial charge in [-0.25, -0.2) is 0 Å². The Morgan fingerprint density at radius 2 is 1.32 bits per heavy atom. The number of hydrogen-bond acceptors (Lipinski definition) is 7. The molecule has 0 atom stereocenters. The second kappa shape index (κ2) is 9.87. The third-order valence-corrected chi connectivity index (χ3v) is 36.4. The molecular formula is C28H32As2N3OS4+. The van der Waals surface area contributed by atoms with E-state index in [-0.39, 0.29) is 0 Å². The first kappa shape index (κ1) is 24.7. The van der Waals surface area contributed by atoms with Crippen molar-refractivity contribution in [3.05, 3.63) is 33.0 Å². The zero-order valence-electron chi connectivity index (χ0n) is 21.6. The fraction of sp³-hybridized carbons (Fsp3) is 0.571. The van der Waals surface area contributed by atoms with Crippen LogP contribution >= 0.6 is 40.1 Å². The second-order valence-electron chi connectivity index (χ2n) is 11.1. The van der Waals surface area contributed by atoms with E-state index in [0.717, 1.165) is 12.8 Å². The van der Waals surface area contributed by atoms with Gasteiger partial charge in [0.1, 0.15) is 0 Å². The first-order valence-corrected chi connectivity index (χ1v) is 29.2. The summed E-state index contributed by atoms with van der Waals surface area (Å²) in [5.41, 5.74) is 9.28. The molecule has 0 N–H and O–H groups in total. The van der Waals surface area contributed by atoms with Crippen LogP contribution in [0.5, 0.6) is 11.5 Å². The van der Waals surface area contributed by atoms with Crippen molar-refractivity contribution in [3.8, 4) is 11.5 Å². The molecule has 0 bridgehead atoms. The number of benzene rings is 2. The zero-order chi connectivity index (χ0) is 24.8. The van der Waals surface area contributed by atoms with Gasteiger partial charge in [-0.1, -0.05) is 0 Å². The number of fused-ring (bicyclic) bond motifs is 4. The number of nitrogens with zero attached hydrogens (tertiary/aromatic N) is 3. The fourth-order valence-electron chi connectivity index (χ4n) is 7.60. The molecule has 0 radical (unpaired) electrons. The van der Waals surface area contributed by atoms with E-state index in [0.29, 0.717) is 0 Å². The summed E-state index contributed by atoms with van der Waals surface area (Å²) in [6.07, 6.45) is 9.90. The molecule has 7 aliphatic rings. The normalized spacial score (nSPS) is 23.9. The van der Waals surface area contributed by atoms with Gasteiger partial charge in [-0.05, 0) is 0 Å². The molecule has 0 aliphatic carbocycles. The molecule has 0 unspecified atom stereocenters. The van der Waals surface area contributed by atoms with E-state index in [1.54, 1.807) is 30.9 Å². The molecule has 7 aliphatic heterocycles. The summed E-state index contributed by atoms with van der Waals surface area (Å²) < 4.78 is 13.5.